The van der Waals surface area contributed by atoms with Crippen LogP contribution in [0.25, 0.3) is 111 Å². The van der Waals surface area contributed by atoms with Gasteiger partial charge < -0.3 is 4.57 Å². The summed E-state index contributed by atoms with van der Waals surface area (Å²) in [5, 5.41) is 14.5. The number of pyridine rings is 1. The third kappa shape index (κ3) is 6.26. The lowest BCUT2D eigenvalue weighted by Crippen LogP contribution is -2.03. The van der Waals surface area contributed by atoms with Crippen molar-refractivity contribution >= 4 is 43.6 Å². The Morgan fingerprint density at radius 3 is 1.03 bits per heavy atom. The van der Waals surface area contributed by atoms with Gasteiger partial charge in [-0.25, -0.2) is 4.98 Å². The molecule has 0 unspecified atom stereocenters. The third-order valence-electron chi connectivity index (χ3n) is 12.6. The Hall–Kier alpha value is -8.78. The smallest absolute Gasteiger partial charge is 0.138 e. The standard InChI is InChI=1S/C60H38N4/c61-38-40-21-23-45(24-22-40)54-37-60(64-57-35-48(43-17-9-3-10-18-43)27-31-52(57)53-32-28-49(36-58(53)64)44-19-11-4-12-20-44)62-39-59(54)63-55-33-46(41-13-5-1-6-14-41)25-29-50(55)51-30-26-47(34-56(51)63)42-15-7-2-8-16-42/h1-37,39H. The van der Waals surface area contributed by atoms with E-state index in [1.807, 2.05) is 18.3 Å². The fraction of sp³-hybridized carbons (Fsp3) is 0. The molecule has 4 heteroatoms. The molecule has 4 nitrogen and oxygen atoms in total. The fourth-order valence-electron chi connectivity index (χ4n) is 9.48. The average molecular weight is 815 g/mol. The summed E-state index contributed by atoms with van der Waals surface area (Å²) in [5.41, 5.74) is 17.0. The molecule has 0 bridgehead atoms. The zero-order valence-corrected chi connectivity index (χ0v) is 34.7. The lowest BCUT2D eigenvalue weighted by Gasteiger charge is -2.17. The zero-order valence-electron chi connectivity index (χ0n) is 34.7. The van der Waals surface area contributed by atoms with Crippen molar-refractivity contribution < 1.29 is 0 Å². The van der Waals surface area contributed by atoms with E-state index in [1.54, 1.807) is 0 Å². The maximum atomic E-state index is 9.89. The van der Waals surface area contributed by atoms with Crippen LogP contribution in [0.4, 0.5) is 0 Å². The molecule has 0 aliphatic rings. The van der Waals surface area contributed by atoms with E-state index in [0.29, 0.717) is 5.56 Å². The minimum atomic E-state index is 0.612. The van der Waals surface area contributed by atoms with Crippen molar-refractivity contribution in [2.24, 2.45) is 0 Å². The van der Waals surface area contributed by atoms with Gasteiger partial charge in [-0.1, -0.05) is 182 Å². The molecule has 298 valence electrons. The van der Waals surface area contributed by atoms with E-state index >= 15 is 0 Å². The van der Waals surface area contributed by atoms with Crippen molar-refractivity contribution in [2.75, 3.05) is 0 Å². The first kappa shape index (κ1) is 37.0. The van der Waals surface area contributed by atoms with Gasteiger partial charge in [-0.3, -0.25) is 4.57 Å². The van der Waals surface area contributed by atoms with E-state index in [1.165, 1.54) is 0 Å². The lowest BCUT2D eigenvalue weighted by atomic mass is 10.0. The highest BCUT2D eigenvalue weighted by Gasteiger charge is 2.21. The second-order valence-electron chi connectivity index (χ2n) is 16.3. The maximum Gasteiger partial charge on any atom is 0.138 e. The number of fused-ring (bicyclic) bond motifs is 6. The van der Waals surface area contributed by atoms with Crippen LogP contribution in [0.1, 0.15) is 5.56 Å². The van der Waals surface area contributed by atoms with Crippen molar-refractivity contribution in [1.82, 2.24) is 14.1 Å². The topological polar surface area (TPSA) is 46.5 Å². The normalized spacial score (nSPS) is 11.4. The summed E-state index contributed by atoms with van der Waals surface area (Å²) in [6, 6.07) is 81.9. The molecule has 0 saturated heterocycles. The molecule has 3 heterocycles. The molecular formula is C60H38N4. The Bertz CT molecular complexity index is 3550. The summed E-state index contributed by atoms with van der Waals surface area (Å²) < 4.78 is 4.72. The van der Waals surface area contributed by atoms with Gasteiger partial charge in [-0.05, 0) is 92.5 Å². The molecule has 64 heavy (non-hydrogen) atoms. The van der Waals surface area contributed by atoms with E-state index in [9.17, 15) is 5.26 Å². The molecular weight excluding hydrogens is 777 g/mol. The van der Waals surface area contributed by atoms with Crippen molar-refractivity contribution in [2.45, 2.75) is 0 Å². The van der Waals surface area contributed by atoms with Gasteiger partial charge in [0.1, 0.15) is 5.82 Å². The number of hydrogen-bond acceptors (Lipinski definition) is 2. The molecule has 12 rings (SSSR count). The Kier molecular flexibility index (Phi) is 8.84. The van der Waals surface area contributed by atoms with Gasteiger partial charge >= 0.3 is 0 Å². The van der Waals surface area contributed by atoms with Gasteiger partial charge in [0.2, 0.25) is 0 Å². The number of nitriles is 1. The minimum Gasteiger partial charge on any atom is -0.307 e. The number of aromatic nitrogens is 3. The van der Waals surface area contributed by atoms with Crippen LogP contribution in [0.2, 0.25) is 0 Å². The second kappa shape index (κ2) is 15.3. The van der Waals surface area contributed by atoms with Crippen LogP contribution < -0.4 is 0 Å². The number of rotatable bonds is 7. The summed E-state index contributed by atoms with van der Waals surface area (Å²) >= 11 is 0. The molecule has 9 aromatic carbocycles. The molecule has 3 aromatic heterocycles. The quantitative estimate of drug-likeness (QED) is 0.161. The number of nitrogens with zero attached hydrogens (tertiary/aromatic N) is 4. The van der Waals surface area contributed by atoms with Crippen LogP contribution >= 0.6 is 0 Å². The van der Waals surface area contributed by atoms with Crippen LogP contribution in [0.5, 0.6) is 0 Å². The van der Waals surface area contributed by atoms with Gasteiger partial charge in [0.25, 0.3) is 0 Å². The molecule has 0 N–H and O–H groups in total. The summed E-state index contributed by atoms with van der Waals surface area (Å²) in [6.07, 6.45) is 2.05. The zero-order chi connectivity index (χ0) is 42.6. The predicted octanol–water partition coefficient (Wildman–Crippen LogP) is 15.5. The van der Waals surface area contributed by atoms with E-state index in [-0.39, 0.29) is 0 Å². The highest BCUT2D eigenvalue weighted by atomic mass is 15.1. The van der Waals surface area contributed by atoms with Gasteiger partial charge in [0.05, 0.1) is 45.6 Å². The van der Waals surface area contributed by atoms with E-state index < -0.39 is 0 Å². The number of benzene rings is 9. The monoisotopic (exact) mass is 814 g/mol. The lowest BCUT2D eigenvalue weighted by molar-refractivity contribution is 1.06. The van der Waals surface area contributed by atoms with E-state index in [4.69, 9.17) is 4.98 Å². The molecule has 0 amide bonds. The van der Waals surface area contributed by atoms with Gasteiger partial charge in [-0.15, -0.1) is 0 Å². The molecule has 0 aliphatic heterocycles. The SMILES string of the molecule is N#Cc1ccc(-c2cc(-n3c4cc(-c5ccccc5)ccc4c4ccc(-c5ccccc5)cc43)ncc2-n2c3cc(-c4ccccc4)ccc3c3ccc(-c4ccccc4)cc32)cc1. The first-order valence-corrected chi connectivity index (χ1v) is 21.6. The molecule has 0 spiro atoms. The Labute approximate surface area is 370 Å². The number of hydrogen-bond donors (Lipinski definition) is 0. The average Bonchev–Trinajstić information content (AvgIpc) is 3.88. The third-order valence-corrected chi connectivity index (χ3v) is 12.6. The van der Waals surface area contributed by atoms with Crippen molar-refractivity contribution in [3.05, 3.63) is 236 Å². The largest absolute Gasteiger partial charge is 0.307 e. The molecule has 0 aliphatic carbocycles. The summed E-state index contributed by atoms with van der Waals surface area (Å²) in [5.74, 6) is 0.800. The summed E-state index contributed by atoms with van der Waals surface area (Å²) in [7, 11) is 0. The Morgan fingerprint density at radius 1 is 0.328 bits per heavy atom. The Morgan fingerprint density at radius 2 is 0.672 bits per heavy atom. The summed E-state index contributed by atoms with van der Waals surface area (Å²) in [4.78, 5) is 5.47. The highest BCUT2D eigenvalue weighted by Crippen LogP contribution is 2.42. The van der Waals surface area contributed by atoms with Gasteiger partial charge in [0, 0.05) is 27.1 Å². The molecule has 0 radical (unpaired) electrons. The van der Waals surface area contributed by atoms with Crippen LogP contribution in [0, 0.1) is 11.3 Å². The Balaban J connectivity index is 1.16. The van der Waals surface area contributed by atoms with Crippen LogP contribution in [-0.4, -0.2) is 14.1 Å². The maximum absolute atomic E-state index is 9.89. The molecule has 0 saturated carbocycles. The molecule has 12 aromatic rings. The molecule has 0 atom stereocenters. The first-order valence-electron chi connectivity index (χ1n) is 21.6. The predicted molar refractivity (Wildman–Crippen MR) is 265 cm³/mol. The van der Waals surface area contributed by atoms with Crippen molar-refractivity contribution in [1.29, 1.82) is 5.26 Å². The highest BCUT2D eigenvalue weighted by molar-refractivity contribution is 6.13. The van der Waals surface area contributed by atoms with Crippen LogP contribution in [0.15, 0.2) is 231 Å². The molecule has 0 fully saturated rings. The van der Waals surface area contributed by atoms with Crippen LogP contribution in [-0.2, 0) is 0 Å². The van der Waals surface area contributed by atoms with E-state index in [0.717, 1.165) is 111 Å². The van der Waals surface area contributed by atoms with Gasteiger partial charge in [-0.2, -0.15) is 5.26 Å². The minimum absolute atomic E-state index is 0.612. The fourth-order valence-corrected chi connectivity index (χ4v) is 9.48. The van der Waals surface area contributed by atoms with Crippen molar-refractivity contribution in [3.63, 3.8) is 0 Å². The second-order valence-corrected chi connectivity index (χ2v) is 16.3. The van der Waals surface area contributed by atoms with Crippen molar-refractivity contribution in [3.8, 4) is 73.2 Å². The first-order chi connectivity index (χ1) is 31.7. The van der Waals surface area contributed by atoms with Gasteiger partial charge in [0.15, 0.2) is 0 Å². The van der Waals surface area contributed by atoms with E-state index in [2.05, 4.69) is 228 Å². The summed E-state index contributed by atoms with van der Waals surface area (Å²) in [6.45, 7) is 0. The van der Waals surface area contributed by atoms with Crippen LogP contribution in [0.3, 0.4) is 0 Å².